The Balaban J connectivity index is 2.24. The predicted octanol–water partition coefficient (Wildman–Crippen LogP) is 3.12. The molecule has 1 atom stereocenters. The van der Waals surface area contributed by atoms with E-state index in [1.807, 2.05) is 0 Å². The van der Waals surface area contributed by atoms with Crippen LogP contribution in [-0.2, 0) is 0 Å². The largest absolute Gasteiger partial charge is 0.310 e. The van der Waals surface area contributed by atoms with Gasteiger partial charge in [-0.05, 0) is 44.4 Å². The fraction of sp³-hybridized carbons (Fsp3) is 0.538. The molecule has 1 fully saturated rings. The van der Waals surface area contributed by atoms with Crippen molar-refractivity contribution >= 4 is 0 Å². The lowest BCUT2D eigenvalue weighted by molar-refractivity contribution is 0.411. The van der Waals surface area contributed by atoms with Crippen LogP contribution in [0.5, 0.6) is 0 Å². The molecule has 0 spiro atoms. The molecular weight excluding hydrogens is 170 g/mol. The fourth-order valence-electron chi connectivity index (χ4n) is 2.25. The van der Waals surface area contributed by atoms with Crippen molar-refractivity contribution < 1.29 is 0 Å². The highest BCUT2D eigenvalue weighted by atomic mass is 14.9. The predicted molar refractivity (Wildman–Crippen MR) is 60.5 cm³/mol. The van der Waals surface area contributed by atoms with Gasteiger partial charge >= 0.3 is 0 Å². The smallest absolute Gasteiger partial charge is 0.0322 e. The number of piperidine rings is 1. The fourth-order valence-corrected chi connectivity index (χ4v) is 2.25. The van der Waals surface area contributed by atoms with Gasteiger partial charge in [-0.15, -0.1) is 0 Å². The van der Waals surface area contributed by atoms with E-state index >= 15 is 0 Å². The number of benzene rings is 1. The van der Waals surface area contributed by atoms with Gasteiger partial charge < -0.3 is 5.32 Å². The third-order valence-electron chi connectivity index (χ3n) is 3.12. The van der Waals surface area contributed by atoms with E-state index in [-0.39, 0.29) is 0 Å². The Hall–Kier alpha value is -0.820. The minimum absolute atomic E-state index is 0.601. The first kappa shape index (κ1) is 9.72. The zero-order valence-electron chi connectivity index (χ0n) is 9.14. The van der Waals surface area contributed by atoms with Crippen LogP contribution in [0.25, 0.3) is 0 Å². The second-order valence-corrected chi connectivity index (χ2v) is 4.36. The summed E-state index contributed by atoms with van der Waals surface area (Å²) in [7, 11) is 0. The Morgan fingerprint density at radius 3 is 2.79 bits per heavy atom. The molecule has 1 aliphatic heterocycles. The number of nitrogens with one attached hydrogen (secondary N) is 1. The average Bonchev–Trinajstić information content (AvgIpc) is 2.23. The highest BCUT2D eigenvalue weighted by Gasteiger charge is 2.15. The summed E-state index contributed by atoms with van der Waals surface area (Å²) in [4.78, 5) is 0. The summed E-state index contributed by atoms with van der Waals surface area (Å²) in [5.41, 5.74) is 4.30. The minimum Gasteiger partial charge on any atom is -0.310 e. The van der Waals surface area contributed by atoms with E-state index in [2.05, 4.69) is 37.4 Å². The molecule has 2 rings (SSSR count). The maximum atomic E-state index is 3.60. The Labute approximate surface area is 86.5 Å². The highest BCUT2D eigenvalue weighted by molar-refractivity contribution is 5.33. The van der Waals surface area contributed by atoms with Crippen LogP contribution >= 0.6 is 0 Å². The van der Waals surface area contributed by atoms with E-state index in [1.54, 1.807) is 0 Å². The normalized spacial score (nSPS) is 22.3. The molecule has 1 aromatic rings. The van der Waals surface area contributed by atoms with Crippen molar-refractivity contribution in [1.29, 1.82) is 0 Å². The summed E-state index contributed by atoms with van der Waals surface area (Å²) >= 11 is 0. The van der Waals surface area contributed by atoms with Gasteiger partial charge in [-0.1, -0.05) is 30.2 Å². The summed E-state index contributed by atoms with van der Waals surface area (Å²) in [5, 5.41) is 3.60. The van der Waals surface area contributed by atoms with Gasteiger partial charge in [-0.2, -0.15) is 0 Å². The van der Waals surface area contributed by atoms with E-state index in [9.17, 15) is 0 Å². The minimum atomic E-state index is 0.601. The van der Waals surface area contributed by atoms with Crippen LogP contribution in [0.2, 0.25) is 0 Å². The van der Waals surface area contributed by atoms with Crippen LogP contribution in [0, 0.1) is 13.8 Å². The standard InChI is InChI=1S/C13H19N/c1-10-6-7-11(2)12(9-10)13-5-3-4-8-14-13/h6-7,9,13-14H,3-5,8H2,1-2H3/t13-/m1/s1. The van der Waals surface area contributed by atoms with Crippen LogP contribution in [0.1, 0.15) is 42.0 Å². The molecule has 0 unspecified atom stereocenters. The third kappa shape index (κ3) is 1.98. The van der Waals surface area contributed by atoms with E-state index < -0.39 is 0 Å². The third-order valence-corrected chi connectivity index (χ3v) is 3.12. The van der Waals surface area contributed by atoms with E-state index in [0.717, 1.165) is 0 Å². The monoisotopic (exact) mass is 189 g/mol. The zero-order chi connectivity index (χ0) is 9.97. The van der Waals surface area contributed by atoms with Crippen molar-refractivity contribution in [3.05, 3.63) is 34.9 Å². The molecule has 14 heavy (non-hydrogen) atoms. The molecule has 1 aliphatic rings. The quantitative estimate of drug-likeness (QED) is 0.715. The summed E-state index contributed by atoms with van der Waals surface area (Å²) in [5.74, 6) is 0. The highest BCUT2D eigenvalue weighted by Crippen LogP contribution is 2.26. The van der Waals surface area contributed by atoms with Crippen molar-refractivity contribution in [1.82, 2.24) is 5.32 Å². The van der Waals surface area contributed by atoms with Gasteiger partial charge in [-0.25, -0.2) is 0 Å². The molecule has 0 bridgehead atoms. The van der Waals surface area contributed by atoms with E-state index in [1.165, 1.54) is 42.5 Å². The molecule has 1 aromatic carbocycles. The number of rotatable bonds is 1. The van der Waals surface area contributed by atoms with Gasteiger partial charge in [-0.3, -0.25) is 0 Å². The molecule has 1 heteroatoms. The second kappa shape index (κ2) is 4.14. The maximum absolute atomic E-state index is 3.60. The first-order valence-electron chi connectivity index (χ1n) is 5.58. The lowest BCUT2D eigenvalue weighted by Crippen LogP contribution is -2.27. The van der Waals surface area contributed by atoms with Gasteiger partial charge in [0.25, 0.3) is 0 Å². The average molecular weight is 189 g/mol. The van der Waals surface area contributed by atoms with E-state index in [4.69, 9.17) is 0 Å². The molecule has 1 saturated heterocycles. The van der Waals surface area contributed by atoms with Crippen LogP contribution < -0.4 is 5.32 Å². The number of hydrogen-bond acceptors (Lipinski definition) is 1. The number of hydrogen-bond donors (Lipinski definition) is 1. The summed E-state index contributed by atoms with van der Waals surface area (Å²) in [6.45, 7) is 5.56. The lowest BCUT2D eigenvalue weighted by Gasteiger charge is -2.25. The van der Waals surface area contributed by atoms with Gasteiger partial charge in [0.2, 0.25) is 0 Å². The molecule has 0 saturated carbocycles. The maximum Gasteiger partial charge on any atom is 0.0322 e. The molecular formula is C13H19N. The van der Waals surface area contributed by atoms with E-state index in [0.29, 0.717) is 6.04 Å². The molecule has 0 aromatic heterocycles. The molecule has 0 amide bonds. The van der Waals surface area contributed by atoms with Crippen molar-refractivity contribution in [2.24, 2.45) is 0 Å². The molecule has 1 nitrogen and oxygen atoms in total. The zero-order valence-corrected chi connectivity index (χ0v) is 9.14. The topological polar surface area (TPSA) is 12.0 Å². The lowest BCUT2D eigenvalue weighted by atomic mass is 9.93. The molecule has 0 radical (unpaired) electrons. The Bertz CT molecular complexity index is 311. The van der Waals surface area contributed by atoms with Gasteiger partial charge in [0, 0.05) is 6.04 Å². The van der Waals surface area contributed by atoms with Crippen molar-refractivity contribution in [2.45, 2.75) is 39.2 Å². The summed E-state index contributed by atoms with van der Waals surface area (Å²) in [6.07, 6.45) is 4.00. The SMILES string of the molecule is Cc1ccc(C)c([C@H]2CCCCN2)c1. The molecule has 0 aliphatic carbocycles. The van der Waals surface area contributed by atoms with Crippen molar-refractivity contribution in [2.75, 3.05) is 6.54 Å². The molecule has 1 heterocycles. The Morgan fingerprint density at radius 2 is 2.07 bits per heavy atom. The van der Waals surface area contributed by atoms with Gasteiger partial charge in [0.1, 0.15) is 0 Å². The molecule has 76 valence electrons. The van der Waals surface area contributed by atoms with Crippen LogP contribution in [0.15, 0.2) is 18.2 Å². The second-order valence-electron chi connectivity index (χ2n) is 4.36. The van der Waals surface area contributed by atoms with Crippen LogP contribution in [0.3, 0.4) is 0 Å². The van der Waals surface area contributed by atoms with Gasteiger partial charge in [0.15, 0.2) is 0 Å². The van der Waals surface area contributed by atoms with Crippen molar-refractivity contribution in [3.63, 3.8) is 0 Å². The molecule has 1 N–H and O–H groups in total. The summed E-state index contributed by atoms with van der Waals surface area (Å²) in [6, 6.07) is 7.37. The van der Waals surface area contributed by atoms with Crippen LogP contribution in [-0.4, -0.2) is 6.54 Å². The Kier molecular flexibility index (Phi) is 2.87. The first-order chi connectivity index (χ1) is 6.77. The summed E-state index contributed by atoms with van der Waals surface area (Å²) < 4.78 is 0. The number of aryl methyl sites for hydroxylation is 2. The van der Waals surface area contributed by atoms with Crippen molar-refractivity contribution in [3.8, 4) is 0 Å². The Morgan fingerprint density at radius 1 is 1.21 bits per heavy atom. The first-order valence-corrected chi connectivity index (χ1v) is 5.58. The van der Waals surface area contributed by atoms with Gasteiger partial charge in [0.05, 0.1) is 0 Å². The van der Waals surface area contributed by atoms with Crippen LogP contribution in [0.4, 0.5) is 0 Å².